The molecule has 1 fully saturated rings. The Morgan fingerprint density at radius 2 is 2.00 bits per heavy atom. The highest BCUT2D eigenvalue weighted by atomic mass is 16.3. The number of nitrogens with one attached hydrogen (secondary N) is 2. The van der Waals surface area contributed by atoms with Crippen LogP contribution in [0.1, 0.15) is 18.6 Å². The highest BCUT2D eigenvalue weighted by Crippen LogP contribution is 2.19. The number of hydrogen-bond donors (Lipinski definition) is 2. The number of carbonyl (C=O) groups is 2. The van der Waals surface area contributed by atoms with Crippen LogP contribution in [0.3, 0.4) is 0 Å². The molecular weight excluding hydrogens is 294 g/mol. The van der Waals surface area contributed by atoms with Gasteiger partial charge in [0.05, 0.1) is 12.8 Å². The number of urea groups is 1. The van der Waals surface area contributed by atoms with Gasteiger partial charge in [0.25, 0.3) is 0 Å². The molecule has 3 amide bonds. The predicted octanol–water partition coefficient (Wildman–Crippen LogP) is 2.59. The van der Waals surface area contributed by atoms with Crippen molar-refractivity contribution < 1.29 is 14.0 Å². The van der Waals surface area contributed by atoms with Crippen LogP contribution in [-0.4, -0.2) is 29.4 Å². The number of furan rings is 1. The number of likely N-dealkylation sites (tertiary alicyclic amines) is 1. The number of amides is 3. The summed E-state index contributed by atoms with van der Waals surface area (Å²) in [6, 6.07) is 12.1. The lowest BCUT2D eigenvalue weighted by molar-refractivity contribution is -0.124. The van der Waals surface area contributed by atoms with Crippen LogP contribution < -0.4 is 10.6 Å². The second kappa shape index (κ2) is 7.00. The van der Waals surface area contributed by atoms with Gasteiger partial charge in [0, 0.05) is 12.2 Å². The molecule has 120 valence electrons. The quantitative estimate of drug-likeness (QED) is 0.911. The number of carbonyl (C=O) groups excluding carboxylic acids is 2. The van der Waals surface area contributed by atoms with E-state index in [0.717, 1.165) is 12.1 Å². The summed E-state index contributed by atoms with van der Waals surface area (Å²) in [7, 11) is 0. The topological polar surface area (TPSA) is 74.6 Å². The Labute approximate surface area is 134 Å². The molecule has 0 radical (unpaired) electrons. The summed E-state index contributed by atoms with van der Waals surface area (Å²) in [5.74, 6) is 0.541. The van der Waals surface area contributed by atoms with Gasteiger partial charge in [-0.25, -0.2) is 4.79 Å². The fourth-order valence-corrected chi connectivity index (χ4v) is 2.70. The van der Waals surface area contributed by atoms with Crippen LogP contribution in [0.15, 0.2) is 53.1 Å². The first kappa shape index (κ1) is 15.1. The van der Waals surface area contributed by atoms with E-state index >= 15 is 0 Å². The first-order valence-corrected chi connectivity index (χ1v) is 7.67. The van der Waals surface area contributed by atoms with Crippen molar-refractivity contribution in [1.82, 2.24) is 10.2 Å². The zero-order valence-electron chi connectivity index (χ0n) is 12.7. The van der Waals surface area contributed by atoms with Gasteiger partial charge in [-0.3, -0.25) is 4.79 Å². The Morgan fingerprint density at radius 3 is 2.74 bits per heavy atom. The minimum atomic E-state index is -0.436. The van der Waals surface area contributed by atoms with Crippen LogP contribution in [0.25, 0.3) is 0 Å². The molecule has 6 heteroatoms. The highest BCUT2D eigenvalue weighted by molar-refractivity contribution is 5.94. The molecule has 3 rings (SSSR count). The Hall–Kier alpha value is -2.76. The lowest BCUT2D eigenvalue weighted by Crippen LogP contribution is -2.47. The zero-order valence-corrected chi connectivity index (χ0v) is 12.7. The van der Waals surface area contributed by atoms with E-state index < -0.39 is 6.04 Å². The van der Waals surface area contributed by atoms with Gasteiger partial charge in [-0.05, 0) is 37.1 Å². The normalized spacial score (nSPS) is 17.0. The molecule has 0 saturated carbocycles. The molecule has 1 aliphatic rings. The van der Waals surface area contributed by atoms with Crippen molar-refractivity contribution in [2.24, 2.45) is 0 Å². The molecule has 2 heterocycles. The second-order valence-corrected chi connectivity index (χ2v) is 5.44. The van der Waals surface area contributed by atoms with Crippen LogP contribution in [0.4, 0.5) is 10.5 Å². The molecule has 0 unspecified atom stereocenters. The third-order valence-corrected chi connectivity index (χ3v) is 3.86. The number of benzene rings is 1. The van der Waals surface area contributed by atoms with Crippen molar-refractivity contribution in [3.63, 3.8) is 0 Å². The van der Waals surface area contributed by atoms with E-state index in [1.54, 1.807) is 23.3 Å². The maximum atomic E-state index is 12.4. The SMILES string of the molecule is O=C(NCc1ccco1)[C@H]1CCCN1C(=O)Nc1ccccc1. The van der Waals surface area contributed by atoms with Gasteiger partial charge in [-0.15, -0.1) is 0 Å². The fraction of sp³-hybridized carbons (Fsp3) is 0.294. The molecule has 2 aromatic rings. The molecule has 0 spiro atoms. The third kappa shape index (κ3) is 3.71. The van der Waals surface area contributed by atoms with Crippen LogP contribution >= 0.6 is 0 Å². The van der Waals surface area contributed by atoms with E-state index in [0.29, 0.717) is 25.3 Å². The summed E-state index contributed by atoms with van der Waals surface area (Å²) in [6.07, 6.45) is 3.06. The monoisotopic (exact) mass is 313 g/mol. The van der Waals surface area contributed by atoms with Crippen LogP contribution in [0.5, 0.6) is 0 Å². The lowest BCUT2D eigenvalue weighted by atomic mass is 10.2. The number of nitrogens with zero attached hydrogens (tertiary/aromatic N) is 1. The molecular formula is C17H19N3O3. The van der Waals surface area contributed by atoms with Gasteiger partial charge in [-0.1, -0.05) is 18.2 Å². The molecule has 0 bridgehead atoms. The maximum absolute atomic E-state index is 12.4. The van der Waals surface area contributed by atoms with Crippen LogP contribution in [0, 0.1) is 0 Å². The maximum Gasteiger partial charge on any atom is 0.322 e. The molecule has 1 aromatic heterocycles. The van der Waals surface area contributed by atoms with Gasteiger partial charge in [0.15, 0.2) is 0 Å². The molecule has 6 nitrogen and oxygen atoms in total. The fourth-order valence-electron chi connectivity index (χ4n) is 2.70. The van der Waals surface area contributed by atoms with Crippen molar-refractivity contribution in [2.45, 2.75) is 25.4 Å². The average Bonchev–Trinajstić information content (AvgIpc) is 3.25. The van der Waals surface area contributed by atoms with E-state index in [1.165, 1.54) is 0 Å². The average molecular weight is 313 g/mol. The molecule has 1 saturated heterocycles. The second-order valence-electron chi connectivity index (χ2n) is 5.44. The smallest absolute Gasteiger partial charge is 0.322 e. The Balaban J connectivity index is 1.58. The summed E-state index contributed by atoms with van der Waals surface area (Å²) < 4.78 is 5.19. The van der Waals surface area contributed by atoms with Crippen molar-refractivity contribution >= 4 is 17.6 Å². The van der Waals surface area contributed by atoms with Crippen molar-refractivity contribution in [3.05, 3.63) is 54.5 Å². The van der Waals surface area contributed by atoms with Crippen molar-refractivity contribution in [1.29, 1.82) is 0 Å². The number of para-hydroxylation sites is 1. The molecule has 1 aromatic carbocycles. The first-order valence-electron chi connectivity index (χ1n) is 7.67. The number of rotatable bonds is 4. The molecule has 1 aliphatic heterocycles. The van der Waals surface area contributed by atoms with Crippen molar-refractivity contribution in [3.8, 4) is 0 Å². The predicted molar refractivity (Wildman–Crippen MR) is 85.7 cm³/mol. The summed E-state index contributed by atoms with van der Waals surface area (Å²) in [6.45, 7) is 0.911. The van der Waals surface area contributed by atoms with Crippen molar-refractivity contribution in [2.75, 3.05) is 11.9 Å². The molecule has 1 atom stereocenters. The van der Waals surface area contributed by atoms with E-state index in [4.69, 9.17) is 4.42 Å². The van der Waals surface area contributed by atoms with Gasteiger partial charge >= 0.3 is 6.03 Å². The summed E-state index contributed by atoms with van der Waals surface area (Å²) >= 11 is 0. The van der Waals surface area contributed by atoms with Gasteiger partial charge in [0.2, 0.25) is 5.91 Å². The van der Waals surface area contributed by atoms with E-state index in [9.17, 15) is 9.59 Å². The van der Waals surface area contributed by atoms with E-state index in [1.807, 2.05) is 30.3 Å². The van der Waals surface area contributed by atoms with Gasteiger partial charge in [-0.2, -0.15) is 0 Å². The lowest BCUT2D eigenvalue weighted by Gasteiger charge is -2.24. The van der Waals surface area contributed by atoms with E-state index in [-0.39, 0.29) is 11.9 Å². The standard InChI is InChI=1S/C17H19N3O3/c21-16(18-12-14-8-5-11-23-14)15-9-4-10-20(15)17(22)19-13-6-2-1-3-7-13/h1-3,5-8,11,15H,4,9-10,12H2,(H,18,21)(H,19,22)/t15-/m1/s1. The Morgan fingerprint density at radius 1 is 1.17 bits per heavy atom. The number of anilines is 1. The summed E-state index contributed by atoms with van der Waals surface area (Å²) in [4.78, 5) is 26.3. The summed E-state index contributed by atoms with van der Waals surface area (Å²) in [5, 5.41) is 5.65. The molecule has 23 heavy (non-hydrogen) atoms. The first-order chi connectivity index (χ1) is 11.2. The Bertz CT molecular complexity index is 655. The van der Waals surface area contributed by atoms with E-state index in [2.05, 4.69) is 10.6 Å². The molecule has 0 aliphatic carbocycles. The summed E-state index contributed by atoms with van der Waals surface area (Å²) in [5.41, 5.74) is 0.721. The van der Waals surface area contributed by atoms with Gasteiger partial charge in [0.1, 0.15) is 11.8 Å². The largest absolute Gasteiger partial charge is 0.467 e. The zero-order chi connectivity index (χ0) is 16.1. The molecule has 2 N–H and O–H groups in total. The van der Waals surface area contributed by atoms with Crippen LogP contribution in [0.2, 0.25) is 0 Å². The number of hydrogen-bond acceptors (Lipinski definition) is 3. The minimum absolute atomic E-state index is 0.151. The highest BCUT2D eigenvalue weighted by Gasteiger charge is 2.34. The van der Waals surface area contributed by atoms with Crippen LogP contribution in [-0.2, 0) is 11.3 Å². The van der Waals surface area contributed by atoms with Gasteiger partial charge < -0.3 is 20.0 Å². The third-order valence-electron chi connectivity index (χ3n) is 3.86. The minimum Gasteiger partial charge on any atom is -0.467 e. The Kier molecular flexibility index (Phi) is 4.61.